The molecule has 0 saturated carbocycles. The van der Waals surface area contributed by atoms with Crippen LogP contribution in [-0.4, -0.2) is 26.8 Å². The molecule has 4 heteroatoms. The molecular formula is C12H20O4. The van der Waals surface area contributed by atoms with Crippen LogP contribution in [-0.2, 0) is 19.0 Å². The Balaban J connectivity index is 0. The molecule has 1 heterocycles. The van der Waals surface area contributed by atoms with Gasteiger partial charge in [0, 0.05) is 13.5 Å². The highest BCUT2D eigenvalue weighted by Crippen LogP contribution is 2.09. The lowest BCUT2D eigenvalue weighted by Crippen LogP contribution is -2.13. The molecule has 0 spiro atoms. The highest BCUT2D eigenvalue weighted by Gasteiger charge is 2.06. The lowest BCUT2D eigenvalue weighted by atomic mass is 10.3. The monoisotopic (exact) mass is 228 g/mol. The number of aldehydes is 1. The number of carbonyl (C=O) groups excluding carboxylic acids is 1. The second-order valence-electron chi connectivity index (χ2n) is 2.52. The summed E-state index contributed by atoms with van der Waals surface area (Å²) in [5.41, 5.74) is 0. The Morgan fingerprint density at radius 3 is 2.19 bits per heavy atom. The molecule has 1 aliphatic rings. The number of allylic oxidation sites excluding steroid dienone is 2. The van der Waals surface area contributed by atoms with Crippen molar-refractivity contribution >= 4 is 6.29 Å². The van der Waals surface area contributed by atoms with Gasteiger partial charge in [0.2, 0.25) is 0 Å². The SMILES string of the molecule is C=CC=O.C=COC.COC1CCC=CO1. The van der Waals surface area contributed by atoms with Crippen LogP contribution in [0.3, 0.4) is 0 Å². The maximum atomic E-state index is 9.06. The average Bonchev–Trinajstić information content (AvgIpc) is 2.40. The van der Waals surface area contributed by atoms with Gasteiger partial charge in [-0.2, -0.15) is 0 Å². The van der Waals surface area contributed by atoms with Crippen molar-refractivity contribution in [2.45, 2.75) is 19.1 Å². The van der Waals surface area contributed by atoms with Gasteiger partial charge in [-0.25, -0.2) is 0 Å². The van der Waals surface area contributed by atoms with Crippen molar-refractivity contribution in [2.75, 3.05) is 14.2 Å². The van der Waals surface area contributed by atoms with Gasteiger partial charge in [0.1, 0.15) is 6.29 Å². The quantitative estimate of drug-likeness (QED) is 0.423. The summed E-state index contributed by atoms with van der Waals surface area (Å²) in [7, 11) is 3.22. The molecule has 16 heavy (non-hydrogen) atoms. The summed E-state index contributed by atoms with van der Waals surface area (Å²) >= 11 is 0. The number of carbonyl (C=O) groups is 1. The minimum absolute atomic E-state index is 0.000000000000000222. The molecule has 0 saturated heterocycles. The Morgan fingerprint density at radius 1 is 1.44 bits per heavy atom. The number of rotatable bonds is 3. The average molecular weight is 228 g/mol. The Labute approximate surface area is 97.2 Å². The van der Waals surface area contributed by atoms with Gasteiger partial charge in [-0.05, 0) is 18.6 Å². The molecule has 0 fully saturated rings. The van der Waals surface area contributed by atoms with Gasteiger partial charge >= 0.3 is 0 Å². The van der Waals surface area contributed by atoms with Crippen molar-refractivity contribution < 1.29 is 19.0 Å². The minimum atomic E-state index is -0.000000000000000222. The molecule has 92 valence electrons. The molecule has 0 radical (unpaired) electrons. The summed E-state index contributed by atoms with van der Waals surface area (Å²) in [6.45, 7) is 6.37. The van der Waals surface area contributed by atoms with E-state index in [1.54, 1.807) is 20.5 Å². The van der Waals surface area contributed by atoms with E-state index in [1.807, 2.05) is 6.08 Å². The van der Waals surface area contributed by atoms with Crippen molar-refractivity contribution in [3.05, 3.63) is 37.8 Å². The number of hydrogen-bond donors (Lipinski definition) is 0. The third-order valence-corrected chi connectivity index (χ3v) is 1.42. The molecule has 1 aliphatic heterocycles. The lowest BCUT2D eigenvalue weighted by Gasteiger charge is -2.16. The topological polar surface area (TPSA) is 44.8 Å². The zero-order valence-electron chi connectivity index (χ0n) is 9.93. The molecule has 4 nitrogen and oxygen atoms in total. The third kappa shape index (κ3) is 14.9. The van der Waals surface area contributed by atoms with Crippen LogP contribution in [0, 0.1) is 0 Å². The normalized spacial score (nSPS) is 16.2. The fraction of sp³-hybridized carbons (Fsp3) is 0.417. The second-order valence-corrected chi connectivity index (χ2v) is 2.52. The van der Waals surface area contributed by atoms with Gasteiger partial charge in [0.05, 0.1) is 19.6 Å². The zero-order chi connectivity index (χ0) is 12.6. The van der Waals surface area contributed by atoms with Crippen LogP contribution in [0.5, 0.6) is 0 Å². The Morgan fingerprint density at radius 2 is 2.00 bits per heavy atom. The predicted octanol–water partition coefficient (Wildman–Crippen LogP) is 2.43. The van der Waals surface area contributed by atoms with Crippen molar-refractivity contribution in [3.8, 4) is 0 Å². The molecule has 0 aromatic carbocycles. The van der Waals surface area contributed by atoms with Crippen molar-refractivity contribution in [1.29, 1.82) is 0 Å². The molecule has 0 aromatic rings. The van der Waals surface area contributed by atoms with E-state index in [9.17, 15) is 0 Å². The van der Waals surface area contributed by atoms with Gasteiger partial charge in [0.15, 0.2) is 6.29 Å². The largest absolute Gasteiger partial charge is 0.505 e. The van der Waals surface area contributed by atoms with Crippen molar-refractivity contribution in [2.24, 2.45) is 0 Å². The van der Waals surface area contributed by atoms with Gasteiger partial charge < -0.3 is 14.2 Å². The van der Waals surface area contributed by atoms with E-state index in [0.717, 1.165) is 12.8 Å². The van der Waals surface area contributed by atoms with E-state index in [4.69, 9.17) is 14.3 Å². The maximum absolute atomic E-state index is 9.06. The summed E-state index contributed by atoms with van der Waals surface area (Å²) < 4.78 is 14.2. The van der Waals surface area contributed by atoms with Crippen LogP contribution in [0.4, 0.5) is 0 Å². The van der Waals surface area contributed by atoms with Gasteiger partial charge in [-0.1, -0.05) is 13.2 Å². The number of hydrogen-bond acceptors (Lipinski definition) is 4. The molecular weight excluding hydrogens is 208 g/mol. The van der Waals surface area contributed by atoms with E-state index in [0.29, 0.717) is 6.29 Å². The molecule has 0 aromatic heterocycles. The number of ether oxygens (including phenoxy) is 3. The first kappa shape index (κ1) is 16.9. The fourth-order valence-corrected chi connectivity index (χ4v) is 0.685. The Kier molecular flexibility index (Phi) is 16.8. The first-order valence-corrected chi connectivity index (χ1v) is 4.79. The molecule has 0 bridgehead atoms. The Hall–Kier alpha value is -1.55. The second kappa shape index (κ2) is 15.9. The number of methoxy groups -OCH3 is 2. The standard InChI is InChI=1S/C6H10O2.C3H6O.C3H4O/c1-7-6-4-2-3-5-8-6;1-3-4-2;1-2-3-4/h3,5-6H,2,4H2,1H3;3H,1H2,2H3;2-3H,1H2. The van der Waals surface area contributed by atoms with Crippen LogP contribution in [0.15, 0.2) is 37.8 Å². The highest BCUT2D eigenvalue weighted by atomic mass is 16.7. The van der Waals surface area contributed by atoms with Crippen LogP contribution >= 0.6 is 0 Å². The molecule has 1 rings (SSSR count). The van der Waals surface area contributed by atoms with Crippen LogP contribution in [0.25, 0.3) is 0 Å². The van der Waals surface area contributed by atoms with Crippen LogP contribution in [0.1, 0.15) is 12.8 Å². The Bertz CT molecular complexity index is 193. The molecule has 1 atom stereocenters. The fourth-order valence-electron chi connectivity index (χ4n) is 0.685. The summed E-state index contributed by atoms with van der Waals surface area (Å²) in [5.74, 6) is 0. The van der Waals surface area contributed by atoms with Crippen molar-refractivity contribution in [3.63, 3.8) is 0 Å². The summed E-state index contributed by atoms with van der Waals surface area (Å²) in [4.78, 5) is 9.06. The molecule has 1 unspecified atom stereocenters. The summed E-state index contributed by atoms with van der Waals surface area (Å²) in [5, 5.41) is 0. The van der Waals surface area contributed by atoms with Gasteiger partial charge in [-0.3, -0.25) is 4.79 Å². The minimum Gasteiger partial charge on any atom is -0.505 e. The molecule has 0 aliphatic carbocycles. The lowest BCUT2D eigenvalue weighted by molar-refractivity contribution is -0.104. The van der Waals surface area contributed by atoms with Crippen LogP contribution in [0.2, 0.25) is 0 Å². The maximum Gasteiger partial charge on any atom is 0.198 e. The summed E-state index contributed by atoms with van der Waals surface area (Å²) in [6.07, 6.45) is 8.94. The van der Waals surface area contributed by atoms with E-state index in [-0.39, 0.29) is 6.29 Å². The first-order valence-electron chi connectivity index (χ1n) is 4.79. The molecule has 0 N–H and O–H groups in total. The molecule has 0 amide bonds. The highest BCUT2D eigenvalue weighted by molar-refractivity contribution is 5.63. The van der Waals surface area contributed by atoms with Gasteiger partial charge in [0.25, 0.3) is 0 Å². The summed E-state index contributed by atoms with van der Waals surface area (Å²) in [6, 6.07) is 0. The van der Waals surface area contributed by atoms with E-state index < -0.39 is 0 Å². The first-order chi connectivity index (χ1) is 7.76. The van der Waals surface area contributed by atoms with E-state index >= 15 is 0 Å². The van der Waals surface area contributed by atoms with E-state index in [2.05, 4.69) is 17.9 Å². The van der Waals surface area contributed by atoms with Crippen LogP contribution < -0.4 is 0 Å². The van der Waals surface area contributed by atoms with E-state index in [1.165, 1.54) is 12.3 Å². The van der Waals surface area contributed by atoms with Crippen molar-refractivity contribution in [1.82, 2.24) is 0 Å². The van der Waals surface area contributed by atoms with Gasteiger partial charge in [-0.15, -0.1) is 0 Å². The smallest absolute Gasteiger partial charge is 0.198 e. The zero-order valence-corrected chi connectivity index (χ0v) is 9.93. The third-order valence-electron chi connectivity index (χ3n) is 1.42. The predicted molar refractivity (Wildman–Crippen MR) is 63.7 cm³/mol.